The number of aldehydes is 1. The summed E-state index contributed by atoms with van der Waals surface area (Å²) in [5.74, 6) is 0.473. The van der Waals surface area contributed by atoms with Crippen LogP contribution in [0.25, 0.3) is 6.08 Å². The molecule has 0 bridgehead atoms. The molecule has 2 aromatic carbocycles. The number of amides is 1. The van der Waals surface area contributed by atoms with Crippen LogP contribution in [0.2, 0.25) is 0 Å². The highest BCUT2D eigenvalue weighted by Gasteiger charge is 2.41. The van der Waals surface area contributed by atoms with Gasteiger partial charge in [-0.1, -0.05) is 36.8 Å². The van der Waals surface area contributed by atoms with E-state index >= 15 is 0 Å². The van der Waals surface area contributed by atoms with Crippen LogP contribution in [0.1, 0.15) is 43.2 Å². The molecule has 6 nitrogen and oxygen atoms in total. The largest absolute Gasteiger partial charge is 0.488 e. The van der Waals surface area contributed by atoms with Gasteiger partial charge >= 0.3 is 0 Å². The van der Waals surface area contributed by atoms with E-state index in [0.717, 1.165) is 68.3 Å². The van der Waals surface area contributed by atoms with Crippen molar-refractivity contribution >= 4 is 29.6 Å². The number of carbonyl (C=O) groups is 2. The highest BCUT2D eigenvalue weighted by molar-refractivity contribution is 6.02. The molecule has 2 fully saturated rings. The zero-order valence-electron chi connectivity index (χ0n) is 19.5. The number of hydrogen-bond acceptors (Lipinski definition) is 5. The Morgan fingerprint density at radius 1 is 1.15 bits per heavy atom. The average molecular weight is 448 g/mol. The predicted molar refractivity (Wildman–Crippen MR) is 133 cm³/mol. The van der Waals surface area contributed by atoms with E-state index in [9.17, 15) is 9.59 Å². The lowest BCUT2D eigenvalue weighted by atomic mass is 9.65. The minimum absolute atomic E-state index is 0.110. The van der Waals surface area contributed by atoms with Crippen molar-refractivity contribution in [1.82, 2.24) is 4.90 Å². The highest BCUT2D eigenvalue weighted by atomic mass is 16.5. The third-order valence-electron chi connectivity index (χ3n) is 6.81. The highest BCUT2D eigenvalue weighted by Crippen LogP contribution is 2.48. The molecule has 2 aliphatic rings. The van der Waals surface area contributed by atoms with Crippen LogP contribution in [0.4, 0.5) is 11.4 Å². The Morgan fingerprint density at radius 3 is 2.48 bits per heavy atom. The number of carbonyl (C=O) groups excluding carboxylic acids is 2. The Labute approximate surface area is 196 Å². The molecular formula is C27H33N3O3. The summed E-state index contributed by atoms with van der Waals surface area (Å²) in [6, 6.07) is 13.5. The summed E-state index contributed by atoms with van der Waals surface area (Å²) in [6.45, 7) is 1.98. The van der Waals surface area contributed by atoms with Crippen molar-refractivity contribution in [2.45, 2.75) is 43.6 Å². The molecule has 1 amide bonds. The zero-order chi connectivity index (χ0) is 23.3. The first kappa shape index (κ1) is 23.1. The van der Waals surface area contributed by atoms with Crippen LogP contribution in [0.5, 0.6) is 5.75 Å². The number of likely N-dealkylation sites (tertiary alicyclic amines) is 1. The molecule has 174 valence electrons. The van der Waals surface area contributed by atoms with Crippen LogP contribution in [0, 0.1) is 0 Å². The number of ether oxygens (including phenoxy) is 1. The molecule has 1 heterocycles. The van der Waals surface area contributed by atoms with Crippen LogP contribution in [0.3, 0.4) is 0 Å². The summed E-state index contributed by atoms with van der Waals surface area (Å²) in [4.78, 5) is 27.1. The van der Waals surface area contributed by atoms with Gasteiger partial charge in [0.2, 0.25) is 5.91 Å². The maximum Gasteiger partial charge on any atom is 0.248 e. The lowest BCUT2D eigenvalue weighted by molar-refractivity contribution is -0.115. The van der Waals surface area contributed by atoms with Gasteiger partial charge in [-0.3, -0.25) is 4.79 Å². The van der Waals surface area contributed by atoms with Gasteiger partial charge in [-0.25, -0.2) is 0 Å². The van der Waals surface area contributed by atoms with E-state index in [1.807, 2.05) is 49.5 Å². The molecule has 0 aromatic heterocycles. The number of hydrogen-bond donors (Lipinski definition) is 2. The summed E-state index contributed by atoms with van der Waals surface area (Å²) in [6.07, 6.45) is 9.02. The lowest BCUT2D eigenvalue weighted by Crippen LogP contribution is -2.37. The minimum Gasteiger partial charge on any atom is -0.488 e. The molecule has 0 atom stereocenters. The van der Waals surface area contributed by atoms with Gasteiger partial charge in [0.05, 0.1) is 11.1 Å². The van der Waals surface area contributed by atoms with Crippen molar-refractivity contribution in [2.75, 3.05) is 37.8 Å². The Hall–Kier alpha value is -3.12. The van der Waals surface area contributed by atoms with Gasteiger partial charge in [0, 0.05) is 38.0 Å². The number of piperidine rings is 1. The summed E-state index contributed by atoms with van der Waals surface area (Å²) < 4.78 is 6.45. The normalized spacial score (nSPS) is 18.5. The van der Waals surface area contributed by atoms with Gasteiger partial charge in [-0.15, -0.1) is 0 Å². The maximum absolute atomic E-state index is 12.7. The molecular weight excluding hydrogens is 414 g/mol. The molecule has 4 rings (SSSR count). The second-order valence-electron chi connectivity index (χ2n) is 9.13. The summed E-state index contributed by atoms with van der Waals surface area (Å²) in [5.41, 5.74) is 2.82. The fraction of sp³-hybridized carbons (Fsp3) is 0.407. The fourth-order valence-electron chi connectivity index (χ4n) is 4.64. The smallest absolute Gasteiger partial charge is 0.248 e. The first-order valence-electron chi connectivity index (χ1n) is 11.7. The number of nitrogens with one attached hydrogen (secondary N) is 2. The number of rotatable bonds is 8. The Morgan fingerprint density at radius 2 is 1.88 bits per heavy atom. The molecule has 1 saturated carbocycles. The summed E-state index contributed by atoms with van der Waals surface area (Å²) in [5, 5.41) is 6.25. The van der Waals surface area contributed by atoms with Gasteiger partial charge in [0.15, 0.2) is 0 Å². The predicted octanol–water partition coefficient (Wildman–Crippen LogP) is 4.47. The first-order chi connectivity index (χ1) is 16.0. The van der Waals surface area contributed by atoms with Crippen molar-refractivity contribution < 1.29 is 14.3 Å². The third-order valence-corrected chi connectivity index (χ3v) is 6.81. The molecule has 33 heavy (non-hydrogen) atoms. The van der Waals surface area contributed by atoms with Gasteiger partial charge < -0.3 is 25.1 Å². The fourth-order valence-corrected chi connectivity index (χ4v) is 4.64. The van der Waals surface area contributed by atoms with E-state index in [1.165, 1.54) is 6.08 Å². The topological polar surface area (TPSA) is 70.7 Å². The average Bonchev–Trinajstić information content (AvgIpc) is 2.80. The van der Waals surface area contributed by atoms with Gasteiger partial charge in [0.25, 0.3) is 0 Å². The van der Waals surface area contributed by atoms with Crippen LogP contribution in [0.15, 0.2) is 48.5 Å². The monoisotopic (exact) mass is 447 g/mol. The van der Waals surface area contributed by atoms with E-state index < -0.39 is 5.41 Å². The minimum atomic E-state index is -0.524. The number of nitrogens with zero attached hydrogens (tertiary/aromatic N) is 1. The zero-order valence-corrected chi connectivity index (χ0v) is 19.5. The van der Waals surface area contributed by atoms with Crippen LogP contribution < -0.4 is 15.4 Å². The van der Waals surface area contributed by atoms with E-state index in [-0.39, 0.29) is 12.0 Å². The molecule has 1 aliphatic carbocycles. The van der Waals surface area contributed by atoms with Gasteiger partial charge in [-0.2, -0.15) is 0 Å². The van der Waals surface area contributed by atoms with Crippen molar-refractivity contribution in [2.24, 2.45) is 0 Å². The van der Waals surface area contributed by atoms with Gasteiger partial charge in [0.1, 0.15) is 18.1 Å². The SMILES string of the molecule is CNc1c(OC2CCN(C)CC2)cc(NC(=O)/C=C/c2ccccc2)cc1C1(C=O)CCC1. The first-order valence-corrected chi connectivity index (χ1v) is 11.7. The molecule has 0 unspecified atom stereocenters. The second kappa shape index (κ2) is 10.2. The quantitative estimate of drug-likeness (QED) is 0.461. The number of anilines is 2. The summed E-state index contributed by atoms with van der Waals surface area (Å²) >= 11 is 0. The van der Waals surface area contributed by atoms with E-state index in [1.54, 1.807) is 6.08 Å². The van der Waals surface area contributed by atoms with E-state index in [4.69, 9.17) is 4.74 Å². The summed E-state index contributed by atoms with van der Waals surface area (Å²) in [7, 11) is 3.98. The molecule has 6 heteroatoms. The second-order valence-corrected chi connectivity index (χ2v) is 9.13. The van der Waals surface area contributed by atoms with Crippen molar-refractivity contribution in [3.05, 3.63) is 59.7 Å². The van der Waals surface area contributed by atoms with Crippen molar-refractivity contribution in [3.8, 4) is 5.75 Å². The maximum atomic E-state index is 12.7. The van der Waals surface area contributed by atoms with Crippen molar-refractivity contribution in [3.63, 3.8) is 0 Å². The Bertz CT molecular complexity index is 1010. The molecule has 1 saturated heterocycles. The Balaban J connectivity index is 1.62. The van der Waals surface area contributed by atoms with Crippen LogP contribution >= 0.6 is 0 Å². The van der Waals surface area contributed by atoms with Gasteiger partial charge in [-0.05, 0) is 56.0 Å². The molecule has 2 aromatic rings. The molecule has 1 aliphatic heterocycles. The van der Waals surface area contributed by atoms with E-state index in [2.05, 4.69) is 22.6 Å². The third kappa shape index (κ3) is 5.28. The van der Waals surface area contributed by atoms with Crippen LogP contribution in [-0.4, -0.2) is 50.4 Å². The molecule has 2 N–H and O–H groups in total. The molecule has 0 spiro atoms. The van der Waals surface area contributed by atoms with Crippen molar-refractivity contribution in [1.29, 1.82) is 0 Å². The van der Waals surface area contributed by atoms with Crippen LogP contribution in [-0.2, 0) is 15.0 Å². The molecule has 0 radical (unpaired) electrons. The van der Waals surface area contributed by atoms with E-state index in [0.29, 0.717) is 11.4 Å². The Kier molecular flexibility index (Phi) is 7.14. The number of benzene rings is 2. The standard InChI is InChI=1S/C27H33N3O3/c1-28-26-23(27(19-31)13-6-14-27)17-21(18-24(26)33-22-11-15-30(2)16-12-22)29-25(32)10-9-20-7-4-3-5-8-20/h3-5,7-10,17-19,22,28H,6,11-16H2,1-2H3,(H,29,32)/b10-9+. The lowest BCUT2D eigenvalue weighted by Gasteiger charge is -2.39.